The van der Waals surface area contributed by atoms with Gasteiger partial charge in [0.15, 0.2) is 5.11 Å². The van der Waals surface area contributed by atoms with Gasteiger partial charge in [-0.25, -0.2) is 4.39 Å². The number of thiocarbonyl (C=S) groups is 1. The monoisotopic (exact) mass is 360 g/mol. The second-order valence-corrected chi connectivity index (χ2v) is 7.04. The summed E-state index contributed by atoms with van der Waals surface area (Å²) in [4.78, 5) is 0. The number of benzene rings is 2. The Kier molecular flexibility index (Phi) is 4.81. The molecule has 25 heavy (non-hydrogen) atoms. The Morgan fingerprint density at radius 2 is 2.08 bits per heavy atom. The molecule has 0 radical (unpaired) electrons. The molecule has 0 fully saturated rings. The SMILES string of the molecule is COc1ccc2c(c1)OC(C)(C)C[C@@H]2NC(=S)Nc1cccc(F)c1. The Morgan fingerprint density at radius 3 is 2.80 bits per heavy atom. The number of fused-ring (bicyclic) bond motifs is 1. The summed E-state index contributed by atoms with van der Waals surface area (Å²) in [7, 11) is 1.63. The summed E-state index contributed by atoms with van der Waals surface area (Å²) < 4.78 is 24.7. The highest BCUT2D eigenvalue weighted by atomic mass is 32.1. The Morgan fingerprint density at radius 1 is 1.28 bits per heavy atom. The summed E-state index contributed by atoms with van der Waals surface area (Å²) in [6.07, 6.45) is 0.747. The fraction of sp³-hybridized carbons (Fsp3) is 0.316. The van der Waals surface area contributed by atoms with Crippen LogP contribution in [0.2, 0.25) is 0 Å². The van der Waals surface area contributed by atoms with E-state index in [0.717, 1.165) is 23.5 Å². The highest BCUT2D eigenvalue weighted by Gasteiger charge is 2.34. The van der Waals surface area contributed by atoms with Gasteiger partial charge in [-0.2, -0.15) is 0 Å². The summed E-state index contributed by atoms with van der Waals surface area (Å²) in [6.45, 7) is 4.07. The molecule has 0 aromatic heterocycles. The van der Waals surface area contributed by atoms with Crippen molar-refractivity contribution in [1.82, 2.24) is 5.32 Å². The minimum atomic E-state index is -0.342. The van der Waals surface area contributed by atoms with E-state index in [1.807, 2.05) is 32.0 Å². The predicted molar refractivity (Wildman–Crippen MR) is 101 cm³/mol. The highest BCUT2D eigenvalue weighted by Crippen LogP contribution is 2.41. The van der Waals surface area contributed by atoms with Crippen LogP contribution in [0.15, 0.2) is 42.5 Å². The second kappa shape index (κ2) is 6.88. The first-order valence-electron chi connectivity index (χ1n) is 8.06. The van der Waals surface area contributed by atoms with E-state index in [1.165, 1.54) is 12.1 Å². The quantitative estimate of drug-likeness (QED) is 0.793. The largest absolute Gasteiger partial charge is 0.497 e. The second-order valence-electron chi connectivity index (χ2n) is 6.63. The summed E-state index contributed by atoms with van der Waals surface area (Å²) in [5.41, 5.74) is 1.29. The van der Waals surface area contributed by atoms with Gasteiger partial charge in [0, 0.05) is 23.7 Å². The average Bonchev–Trinajstić information content (AvgIpc) is 2.53. The lowest BCUT2D eigenvalue weighted by Crippen LogP contribution is -2.42. The molecule has 6 heteroatoms. The van der Waals surface area contributed by atoms with Gasteiger partial charge in [-0.05, 0) is 56.4 Å². The van der Waals surface area contributed by atoms with Gasteiger partial charge < -0.3 is 20.1 Å². The topological polar surface area (TPSA) is 42.5 Å². The minimum absolute atomic E-state index is 0.0155. The first-order chi connectivity index (χ1) is 11.9. The van der Waals surface area contributed by atoms with Crippen molar-refractivity contribution >= 4 is 23.0 Å². The third kappa shape index (κ3) is 4.20. The number of hydrogen-bond donors (Lipinski definition) is 2. The van der Waals surface area contributed by atoms with E-state index in [-0.39, 0.29) is 17.5 Å². The van der Waals surface area contributed by atoms with Crippen LogP contribution >= 0.6 is 12.2 Å². The van der Waals surface area contributed by atoms with E-state index in [4.69, 9.17) is 21.7 Å². The molecule has 1 heterocycles. The van der Waals surface area contributed by atoms with Crippen molar-refractivity contribution in [2.24, 2.45) is 0 Å². The van der Waals surface area contributed by atoms with Crippen LogP contribution in [0.4, 0.5) is 10.1 Å². The molecule has 2 N–H and O–H groups in total. The molecule has 4 nitrogen and oxygen atoms in total. The van der Waals surface area contributed by atoms with Crippen LogP contribution in [0, 0.1) is 5.82 Å². The minimum Gasteiger partial charge on any atom is -0.497 e. The molecule has 0 saturated carbocycles. The van der Waals surface area contributed by atoms with Gasteiger partial charge in [0.25, 0.3) is 0 Å². The standard InChI is InChI=1S/C19H21FN2O2S/c1-19(2)11-16(15-8-7-14(23-3)10-17(15)24-19)22-18(25)21-13-6-4-5-12(20)9-13/h4-10,16H,11H2,1-3H3,(H2,21,22,25)/t16-/m0/s1. The van der Waals surface area contributed by atoms with Crippen molar-refractivity contribution < 1.29 is 13.9 Å². The molecular weight excluding hydrogens is 339 g/mol. The zero-order valence-corrected chi connectivity index (χ0v) is 15.2. The van der Waals surface area contributed by atoms with Crippen LogP contribution in [-0.2, 0) is 0 Å². The molecule has 0 unspecified atom stereocenters. The van der Waals surface area contributed by atoms with Crippen molar-refractivity contribution in [3.8, 4) is 11.5 Å². The molecule has 3 rings (SSSR count). The van der Waals surface area contributed by atoms with Crippen LogP contribution in [0.3, 0.4) is 0 Å². The maximum Gasteiger partial charge on any atom is 0.171 e. The molecule has 0 saturated heterocycles. The van der Waals surface area contributed by atoms with E-state index in [0.29, 0.717) is 10.8 Å². The first-order valence-corrected chi connectivity index (χ1v) is 8.47. The Labute approximate surface area is 152 Å². The fourth-order valence-corrected chi connectivity index (χ4v) is 3.24. The lowest BCUT2D eigenvalue weighted by molar-refractivity contribution is 0.0693. The number of hydrogen-bond acceptors (Lipinski definition) is 3. The number of anilines is 1. The van der Waals surface area contributed by atoms with Gasteiger partial charge in [-0.15, -0.1) is 0 Å². The van der Waals surface area contributed by atoms with Gasteiger partial charge in [-0.3, -0.25) is 0 Å². The molecule has 0 spiro atoms. The van der Waals surface area contributed by atoms with Gasteiger partial charge >= 0.3 is 0 Å². The van der Waals surface area contributed by atoms with Gasteiger partial charge in [0.1, 0.15) is 22.9 Å². The molecule has 132 valence electrons. The molecule has 0 amide bonds. The van der Waals surface area contributed by atoms with E-state index >= 15 is 0 Å². The molecule has 1 aliphatic heterocycles. The predicted octanol–water partition coefficient (Wildman–Crippen LogP) is 4.42. The molecule has 2 aromatic rings. The summed E-state index contributed by atoms with van der Waals surface area (Å²) in [5, 5.41) is 6.78. The molecule has 1 atom stereocenters. The Balaban J connectivity index is 1.79. The number of nitrogens with one attached hydrogen (secondary N) is 2. The number of halogens is 1. The summed E-state index contributed by atoms with van der Waals surface area (Å²) in [6, 6.07) is 12.0. The maximum absolute atomic E-state index is 13.3. The normalized spacial score (nSPS) is 17.8. The van der Waals surface area contributed by atoms with E-state index in [1.54, 1.807) is 19.2 Å². The maximum atomic E-state index is 13.3. The van der Waals surface area contributed by atoms with Gasteiger partial charge in [0.2, 0.25) is 0 Å². The summed E-state index contributed by atoms with van der Waals surface area (Å²) in [5.74, 6) is 1.22. The number of ether oxygens (including phenoxy) is 2. The molecule has 0 aliphatic carbocycles. The van der Waals surface area contributed by atoms with Crippen LogP contribution in [0.1, 0.15) is 31.9 Å². The highest BCUT2D eigenvalue weighted by molar-refractivity contribution is 7.80. The third-order valence-electron chi connectivity index (χ3n) is 4.07. The van der Waals surface area contributed by atoms with E-state index in [2.05, 4.69) is 10.6 Å². The average molecular weight is 360 g/mol. The summed E-state index contributed by atoms with van der Waals surface area (Å²) >= 11 is 5.40. The first kappa shape index (κ1) is 17.5. The number of rotatable bonds is 3. The van der Waals surface area contributed by atoms with E-state index < -0.39 is 0 Å². The van der Waals surface area contributed by atoms with Crippen molar-refractivity contribution in [2.75, 3.05) is 12.4 Å². The van der Waals surface area contributed by atoms with Crippen molar-refractivity contribution in [3.63, 3.8) is 0 Å². The smallest absolute Gasteiger partial charge is 0.171 e. The number of methoxy groups -OCH3 is 1. The Bertz CT molecular complexity index is 795. The molecular formula is C19H21FN2O2S. The zero-order valence-electron chi connectivity index (χ0n) is 14.4. The zero-order chi connectivity index (χ0) is 18.0. The van der Waals surface area contributed by atoms with E-state index in [9.17, 15) is 4.39 Å². The fourth-order valence-electron chi connectivity index (χ4n) is 2.98. The van der Waals surface area contributed by atoms with Gasteiger partial charge in [-0.1, -0.05) is 6.07 Å². The molecule has 2 aromatic carbocycles. The lowest BCUT2D eigenvalue weighted by Gasteiger charge is -2.38. The van der Waals surface area contributed by atoms with Crippen LogP contribution in [0.25, 0.3) is 0 Å². The third-order valence-corrected chi connectivity index (χ3v) is 4.29. The molecule has 0 bridgehead atoms. The van der Waals surface area contributed by atoms with Gasteiger partial charge in [0.05, 0.1) is 13.2 Å². The van der Waals surface area contributed by atoms with Crippen molar-refractivity contribution in [2.45, 2.75) is 31.9 Å². The van der Waals surface area contributed by atoms with Crippen LogP contribution in [0.5, 0.6) is 11.5 Å². The van der Waals surface area contributed by atoms with Crippen molar-refractivity contribution in [1.29, 1.82) is 0 Å². The van der Waals surface area contributed by atoms with Crippen molar-refractivity contribution in [3.05, 3.63) is 53.8 Å². The van der Waals surface area contributed by atoms with Crippen LogP contribution < -0.4 is 20.1 Å². The van der Waals surface area contributed by atoms with Crippen LogP contribution in [-0.4, -0.2) is 17.8 Å². The lowest BCUT2D eigenvalue weighted by atomic mass is 9.89. The Hall–Kier alpha value is -2.34. The molecule has 1 aliphatic rings.